The molecule has 2 aromatic carbocycles. The molecule has 1 heterocycles. The predicted molar refractivity (Wildman–Crippen MR) is 104 cm³/mol. The number of halogens is 2. The highest BCUT2D eigenvalue weighted by atomic mass is 35.5. The van der Waals surface area contributed by atoms with Crippen molar-refractivity contribution in [3.8, 4) is 0 Å². The second-order valence-corrected chi connectivity index (χ2v) is 6.39. The van der Waals surface area contributed by atoms with Crippen molar-refractivity contribution in [2.75, 3.05) is 11.1 Å². The molecule has 0 bridgehead atoms. The van der Waals surface area contributed by atoms with E-state index in [1.807, 2.05) is 31.2 Å². The van der Waals surface area contributed by atoms with Crippen molar-refractivity contribution in [1.82, 2.24) is 15.0 Å². The Hall–Kier alpha value is -2.90. The standard InChI is InChI=1S/C18H15Cl2N5O2/c1-10-4-2-3-5-14(10)22-18-24-15(23-17(21)25-18)9-27-16(26)11-6-7-12(19)13(20)8-11/h2-8H,9H2,1H3,(H3,21,22,23,24,25). The third-order valence-corrected chi connectivity index (χ3v) is 4.32. The third kappa shape index (κ3) is 4.84. The number of para-hydroxylation sites is 1. The highest BCUT2D eigenvalue weighted by Gasteiger charge is 2.12. The largest absolute Gasteiger partial charge is 0.454 e. The summed E-state index contributed by atoms with van der Waals surface area (Å²) in [6.45, 7) is 1.78. The fourth-order valence-corrected chi connectivity index (χ4v) is 2.53. The number of nitrogens with zero attached hydrogens (tertiary/aromatic N) is 3. The van der Waals surface area contributed by atoms with Crippen LogP contribution in [0.4, 0.5) is 17.6 Å². The lowest BCUT2D eigenvalue weighted by Gasteiger charge is -2.10. The van der Waals surface area contributed by atoms with Gasteiger partial charge in [0.2, 0.25) is 11.9 Å². The summed E-state index contributed by atoms with van der Waals surface area (Å²) < 4.78 is 5.22. The second-order valence-electron chi connectivity index (χ2n) is 5.58. The molecule has 0 spiro atoms. The Balaban J connectivity index is 1.71. The maximum absolute atomic E-state index is 12.1. The molecular weight excluding hydrogens is 389 g/mol. The van der Waals surface area contributed by atoms with E-state index in [1.165, 1.54) is 18.2 Å². The Bertz CT molecular complexity index is 997. The Kier molecular flexibility index (Phi) is 5.73. The molecule has 1 aromatic heterocycles. The van der Waals surface area contributed by atoms with Crippen LogP contribution in [0.25, 0.3) is 0 Å². The number of hydrogen-bond acceptors (Lipinski definition) is 7. The van der Waals surface area contributed by atoms with Crippen LogP contribution in [-0.4, -0.2) is 20.9 Å². The number of aromatic nitrogens is 3. The minimum absolute atomic E-state index is 0.0154. The number of rotatable bonds is 5. The van der Waals surface area contributed by atoms with Gasteiger partial charge in [-0.25, -0.2) is 4.79 Å². The molecule has 0 unspecified atom stereocenters. The number of aryl methyl sites for hydroxylation is 1. The zero-order valence-electron chi connectivity index (χ0n) is 14.2. The number of anilines is 3. The molecule has 0 saturated heterocycles. The number of ether oxygens (including phenoxy) is 1. The van der Waals surface area contributed by atoms with Crippen LogP contribution in [0.1, 0.15) is 21.7 Å². The second kappa shape index (κ2) is 8.20. The van der Waals surface area contributed by atoms with Crippen LogP contribution in [0.5, 0.6) is 0 Å². The molecule has 9 heteroatoms. The van der Waals surface area contributed by atoms with Gasteiger partial charge in [0.05, 0.1) is 15.6 Å². The quantitative estimate of drug-likeness (QED) is 0.615. The molecule has 0 aliphatic rings. The molecule has 3 aromatic rings. The average molecular weight is 404 g/mol. The first kappa shape index (κ1) is 18.9. The Labute approximate surface area is 165 Å². The van der Waals surface area contributed by atoms with Gasteiger partial charge in [-0.2, -0.15) is 15.0 Å². The van der Waals surface area contributed by atoms with E-state index < -0.39 is 5.97 Å². The van der Waals surface area contributed by atoms with E-state index in [0.717, 1.165) is 11.3 Å². The lowest BCUT2D eigenvalue weighted by atomic mass is 10.2. The SMILES string of the molecule is Cc1ccccc1Nc1nc(N)nc(COC(=O)c2ccc(Cl)c(Cl)c2)n1. The van der Waals surface area contributed by atoms with E-state index in [4.69, 9.17) is 33.7 Å². The van der Waals surface area contributed by atoms with Crippen molar-refractivity contribution in [2.24, 2.45) is 0 Å². The van der Waals surface area contributed by atoms with Gasteiger partial charge in [0.1, 0.15) is 0 Å². The Morgan fingerprint density at radius 1 is 1.11 bits per heavy atom. The molecule has 0 aliphatic heterocycles. The van der Waals surface area contributed by atoms with Crippen molar-refractivity contribution in [2.45, 2.75) is 13.5 Å². The number of nitrogens with two attached hydrogens (primary N) is 1. The molecule has 0 fully saturated rings. The van der Waals surface area contributed by atoms with E-state index in [9.17, 15) is 4.79 Å². The zero-order valence-corrected chi connectivity index (χ0v) is 15.8. The normalized spacial score (nSPS) is 10.5. The number of nitrogen functional groups attached to an aromatic ring is 1. The van der Waals surface area contributed by atoms with Crippen LogP contribution in [0, 0.1) is 6.92 Å². The van der Waals surface area contributed by atoms with E-state index in [2.05, 4.69) is 20.3 Å². The van der Waals surface area contributed by atoms with Gasteiger partial charge in [-0.05, 0) is 36.8 Å². The van der Waals surface area contributed by atoms with Crippen LogP contribution < -0.4 is 11.1 Å². The van der Waals surface area contributed by atoms with E-state index >= 15 is 0 Å². The summed E-state index contributed by atoms with van der Waals surface area (Å²) in [4.78, 5) is 24.4. The summed E-state index contributed by atoms with van der Waals surface area (Å²) in [5, 5.41) is 3.69. The number of carbonyl (C=O) groups excluding carboxylic acids is 1. The highest BCUT2D eigenvalue weighted by molar-refractivity contribution is 6.42. The number of esters is 1. The summed E-state index contributed by atoms with van der Waals surface area (Å²) in [5.41, 5.74) is 7.85. The topological polar surface area (TPSA) is 103 Å². The van der Waals surface area contributed by atoms with Gasteiger partial charge in [0.25, 0.3) is 0 Å². The first-order chi connectivity index (χ1) is 12.9. The summed E-state index contributed by atoms with van der Waals surface area (Å²) in [6.07, 6.45) is 0. The van der Waals surface area contributed by atoms with Crippen molar-refractivity contribution < 1.29 is 9.53 Å². The summed E-state index contributed by atoms with van der Waals surface area (Å²) in [6, 6.07) is 12.1. The summed E-state index contributed by atoms with van der Waals surface area (Å²) >= 11 is 11.7. The maximum Gasteiger partial charge on any atom is 0.338 e. The van der Waals surface area contributed by atoms with Gasteiger partial charge >= 0.3 is 5.97 Å². The van der Waals surface area contributed by atoms with Gasteiger partial charge in [0.15, 0.2) is 12.4 Å². The van der Waals surface area contributed by atoms with E-state index in [1.54, 1.807) is 0 Å². The Morgan fingerprint density at radius 2 is 1.89 bits per heavy atom. The first-order valence-corrected chi connectivity index (χ1v) is 8.63. The number of nitrogens with one attached hydrogen (secondary N) is 1. The minimum atomic E-state index is -0.582. The van der Waals surface area contributed by atoms with E-state index in [-0.39, 0.29) is 34.9 Å². The number of hydrogen-bond donors (Lipinski definition) is 2. The third-order valence-electron chi connectivity index (χ3n) is 3.58. The van der Waals surface area contributed by atoms with Crippen molar-refractivity contribution in [3.63, 3.8) is 0 Å². The molecule has 0 saturated carbocycles. The molecule has 27 heavy (non-hydrogen) atoms. The van der Waals surface area contributed by atoms with Gasteiger partial charge < -0.3 is 15.8 Å². The van der Waals surface area contributed by atoms with Crippen molar-refractivity contribution in [3.05, 3.63) is 69.5 Å². The zero-order chi connectivity index (χ0) is 19.4. The average Bonchev–Trinajstić information content (AvgIpc) is 2.63. The van der Waals surface area contributed by atoms with Crippen LogP contribution in [0.3, 0.4) is 0 Å². The lowest BCUT2D eigenvalue weighted by molar-refractivity contribution is 0.0462. The van der Waals surface area contributed by atoms with Crippen LogP contribution in [-0.2, 0) is 11.3 Å². The van der Waals surface area contributed by atoms with Gasteiger partial charge in [-0.1, -0.05) is 41.4 Å². The molecule has 3 N–H and O–H groups in total. The van der Waals surface area contributed by atoms with Gasteiger partial charge in [-0.15, -0.1) is 0 Å². The number of benzene rings is 2. The monoisotopic (exact) mass is 403 g/mol. The summed E-state index contributed by atoms with van der Waals surface area (Å²) in [7, 11) is 0. The fraction of sp³-hybridized carbons (Fsp3) is 0.111. The fourth-order valence-electron chi connectivity index (χ4n) is 2.23. The molecule has 0 radical (unpaired) electrons. The molecule has 7 nitrogen and oxygen atoms in total. The molecular formula is C18H15Cl2N5O2. The maximum atomic E-state index is 12.1. The highest BCUT2D eigenvalue weighted by Crippen LogP contribution is 2.23. The lowest BCUT2D eigenvalue weighted by Crippen LogP contribution is -2.11. The van der Waals surface area contributed by atoms with E-state index in [0.29, 0.717) is 5.02 Å². The first-order valence-electron chi connectivity index (χ1n) is 7.87. The van der Waals surface area contributed by atoms with Crippen molar-refractivity contribution in [1.29, 1.82) is 0 Å². The van der Waals surface area contributed by atoms with Gasteiger partial charge in [-0.3, -0.25) is 0 Å². The van der Waals surface area contributed by atoms with Crippen LogP contribution in [0.2, 0.25) is 10.0 Å². The molecule has 0 aliphatic carbocycles. The van der Waals surface area contributed by atoms with Crippen LogP contribution >= 0.6 is 23.2 Å². The molecule has 0 amide bonds. The molecule has 0 atom stereocenters. The van der Waals surface area contributed by atoms with Gasteiger partial charge in [0, 0.05) is 5.69 Å². The summed E-state index contributed by atoms with van der Waals surface area (Å²) in [5.74, 6) is -0.0907. The van der Waals surface area contributed by atoms with Crippen LogP contribution in [0.15, 0.2) is 42.5 Å². The molecule has 3 rings (SSSR count). The Morgan fingerprint density at radius 3 is 2.63 bits per heavy atom. The smallest absolute Gasteiger partial charge is 0.338 e. The minimum Gasteiger partial charge on any atom is -0.454 e. The van der Waals surface area contributed by atoms with Crippen molar-refractivity contribution >= 4 is 46.8 Å². The predicted octanol–water partition coefficient (Wildman–Crippen LogP) is 4.17. The number of carbonyl (C=O) groups is 1. The molecule has 138 valence electrons.